The molecule has 1 aromatic carbocycles. The maximum atomic E-state index is 11.7. The first-order chi connectivity index (χ1) is 11.9. The minimum atomic E-state index is -3.09. The number of para-hydroxylation sites is 1. The molecule has 0 aliphatic carbocycles. The van der Waals surface area contributed by atoms with Gasteiger partial charge in [0.05, 0.1) is 17.1 Å². The van der Waals surface area contributed by atoms with Crippen LogP contribution < -0.4 is 5.32 Å². The van der Waals surface area contributed by atoms with Crippen molar-refractivity contribution < 1.29 is 8.42 Å². The first-order valence-electron chi connectivity index (χ1n) is 8.62. The lowest BCUT2D eigenvalue weighted by molar-refractivity contribution is 0.455. The molecule has 0 unspecified atom stereocenters. The van der Waals surface area contributed by atoms with E-state index in [-0.39, 0.29) is 5.75 Å². The Hall–Kier alpha value is -1.70. The molecule has 0 radical (unpaired) electrons. The van der Waals surface area contributed by atoms with E-state index in [1.54, 1.807) is 14.0 Å². The summed E-state index contributed by atoms with van der Waals surface area (Å²) >= 11 is 0. The second kappa shape index (κ2) is 8.60. The maximum absolute atomic E-state index is 11.7. The van der Waals surface area contributed by atoms with Crippen molar-refractivity contribution in [1.82, 2.24) is 19.4 Å². The Kier molecular flexibility index (Phi) is 6.75. The summed E-state index contributed by atoms with van der Waals surface area (Å²) in [5.41, 5.74) is 4.39. The van der Waals surface area contributed by atoms with E-state index in [1.807, 2.05) is 41.9 Å². The van der Waals surface area contributed by atoms with Gasteiger partial charge in [-0.2, -0.15) is 5.10 Å². The normalized spacial score (nSPS) is 12.0. The van der Waals surface area contributed by atoms with Crippen LogP contribution in [-0.2, 0) is 16.6 Å². The Morgan fingerprint density at radius 3 is 2.52 bits per heavy atom. The van der Waals surface area contributed by atoms with Crippen LogP contribution in [0.25, 0.3) is 5.69 Å². The summed E-state index contributed by atoms with van der Waals surface area (Å²) in [5.74, 6) is 0.147. The van der Waals surface area contributed by atoms with E-state index in [4.69, 9.17) is 0 Å². The van der Waals surface area contributed by atoms with Crippen molar-refractivity contribution in [1.29, 1.82) is 0 Å². The molecule has 6 nitrogen and oxygen atoms in total. The third-order valence-corrected chi connectivity index (χ3v) is 6.27. The van der Waals surface area contributed by atoms with E-state index in [0.29, 0.717) is 6.54 Å². The SMILES string of the molecule is CCS(=O)(=O)N(C)CCCNCc1c(C)nn(-c2ccccc2)c1C. The molecule has 0 saturated heterocycles. The topological polar surface area (TPSA) is 67.2 Å². The van der Waals surface area contributed by atoms with Crippen LogP contribution in [0.1, 0.15) is 30.3 Å². The Morgan fingerprint density at radius 1 is 1.20 bits per heavy atom. The second-order valence-corrected chi connectivity index (χ2v) is 8.51. The number of rotatable bonds is 9. The molecule has 0 atom stereocenters. The predicted molar refractivity (Wildman–Crippen MR) is 101 cm³/mol. The minimum Gasteiger partial charge on any atom is -0.312 e. The van der Waals surface area contributed by atoms with Gasteiger partial charge >= 0.3 is 0 Å². The average molecular weight is 365 g/mol. The van der Waals surface area contributed by atoms with E-state index in [0.717, 1.165) is 36.6 Å². The van der Waals surface area contributed by atoms with E-state index in [2.05, 4.69) is 17.3 Å². The summed E-state index contributed by atoms with van der Waals surface area (Å²) in [6.07, 6.45) is 0.778. The smallest absolute Gasteiger partial charge is 0.213 e. The molecule has 0 fully saturated rings. The third kappa shape index (κ3) is 4.90. The van der Waals surface area contributed by atoms with Crippen molar-refractivity contribution in [2.45, 2.75) is 33.7 Å². The van der Waals surface area contributed by atoms with Gasteiger partial charge in [-0.15, -0.1) is 0 Å². The van der Waals surface area contributed by atoms with Crippen molar-refractivity contribution in [2.24, 2.45) is 0 Å². The number of sulfonamides is 1. The lowest BCUT2D eigenvalue weighted by Crippen LogP contribution is -2.31. The number of nitrogens with zero attached hydrogens (tertiary/aromatic N) is 3. The van der Waals surface area contributed by atoms with E-state index >= 15 is 0 Å². The monoisotopic (exact) mass is 364 g/mol. The standard InChI is InChI=1S/C18H28N4O2S/c1-5-25(23,24)21(4)13-9-12-19-14-18-15(2)20-22(16(18)3)17-10-7-6-8-11-17/h6-8,10-11,19H,5,9,12-14H2,1-4H3. The highest BCUT2D eigenvalue weighted by Gasteiger charge is 2.14. The van der Waals surface area contributed by atoms with Gasteiger partial charge < -0.3 is 5.32 Å². The Morgan fingerprint density at radius 2 is 1.88 bits per heavy atom. The van der Waals surface area contributed by atoms with Crippen LogP contribution >= 0.6 is 0 Å². The van der Waals surface area contributed by atoms with Gasteiger partial charge in [0.2, 0.25) is 10.0 Å². The molecule has 0 amide bonds. The Bertz CT molecular complexity index is 785. The molecule has 0 aliphatic heterocycles. The quantitative estimate of drug-likeness (QED) is 0.693. The number of benzene rings is 1. The van der Waals surface area contributed by atoms with Gasteiger partial charge in [-0.1, -0.05) is 18.2 Å². The van der Waals surface area contributed by atoms with Crippen molar-refractivity contribution in [3.8, 4) is 5.69 Å². The molecule has 25 heavy (non-hydrogen) atoms. The van der Waals surface area contributed by atoms with Crippen LogP contribution in [0.15, 0.2) is 30.3 Å². The zero-order valence-corrected chi connectivity index (χ0v) is 16.3. The summed E-state index contributed by atoms with van der Waals surface area (Å²) in [4.78, 5) is 0. The van der Waals surface area contributed by atoms with Crippen molar-refractivity contribution in [2.75, 3.05) is 25.9 Å². The summed E-state index contributed by atoms with van der Waals surface area (Å²) in [5, 5.41) is 8.04. The number of hydrogen-bond acceptors (Lipinski definition) is 4. The highest BCUT2D eigenvalue weighted by atomic mass is 32.2. The van der Waals surface area contributed by atoms with Crippen molar-refractivity contribution in [3.05, 3.63) is 47.3 Å². The molecular formula is C18H28N4O2S. The maximum Gasteiger partial charge on any atom is 0.213 e. The molecule has 2 rings (SSSR count). The van der Waals surface area contributed by atoms with Crippen molar-refractivity contribution >= 4 is 10.0 Å². The van der Waals surface area contributed by atoms with Gasteiger partial charge in [-0.3, -0.25) is 0 Å². The van der Waals surface area contributed by atoms with Gasteiger partial charge in [-0.25, -0.2) is 17.4 Å². The zero-order valence-electron chi connectivity index (χ0n) is 15.5. The Balaban J connectivity index is 1.89. The van der Waals surface area contributed by atoms with Gasteiger partial charge in [0.1, 0.15) is 0 Å². The highest BCUT2D eigenvalue weighted by Crippen LogP contribution is 2.17. The first-order valence-corrected chi connectivity index (χ1v) is 10.2. The van der Waals surface area contributed by atoms with Crippen LogP contribution in [0.3, 0.4) is 0 Å². The van der Waals surface area contributed by atoms with Crippen LogP contribution in [-0.4, -0.2) is 48.4 Å². The Labute approximate surface area is 150 Å². The fraction of sp³-hybridized carbons (Fsp3) is 0.500. The molecular weight excluding hydrogens is 336 g/mol. The molecule has 1 N–H and O–H groups in total. The van der Waals surface area contributed by atoms with Gasteiger partial charge in [0.15, 0.2) is 0 Å². The van der Waals surface area contributed by atoms with Crippen molar-refractivity contribution in [3.63, 3.8) is 0 Å². The van der Waals surface area contributed by atoms with Gasteiger partial charge in [0, 0.05) is 31.4 Å². The molecule has 0 saturated carbocycles. The lowest BCUT2D eigenvalue weighted by atomic mass is 10.2. The molecule has 7 heteroatoms. The zero-order chi connectivity index (χ0) is 18.4. The third-order valence-electron chi connectivity index (χ3n) is 4.41. The molecule has 2 aromatic rings. The van der Waals surface area contributed by atoms with Gasteiger partial charge in [-0.05, 0) is 45.9 Å². The first kappa shape index (κ1) is 19.6. The van der Waals surface area contributed by atoms with Crippen LogP contribution in [0.5, 0.6) is 0 Å². The predicted octanol–water partition coefficient (Wildman–Crippen LogP) is 2.25. The van der Waals surface area contributed by atoms with E-state index in [9.17, 15) is 8.42 Å². The van der Waals surface area contributed by atoms with Crippen LogP contribution in [0.4, 0.5) is 0 Å². The van der Waals surface area contributed by atoms with Crippen LogP contribution in [0, 0.1) is 13.8 Å². The number of hydrogen-bond donors (Lipinski definition) is 1. The molecule has 0 bridgehead atoms. The minimum absolute atomic E-state index is 0.147. The molecule has 0 aliphatic rings. The van der Waals surface area contributed by atoms with Crippen LogP contribution in [0.2, 0.25) is 0 Å². The van der Waals surface area contributed by atoms with Gasteiger partial charge in [0.25, 0.3) is 0 Å². The largest absolute Gasteiger partial charge is 0.312 e. The number of aryl methyl sites for hydroxylation is 1. The molecule has 1 heterocycles. The number of aromatic nitrogens is 2. The molecule has 0 spiro atoms. The molecule has 138 valence electrons. The fourth-order valence-electron chi connectivity index (χ4n) is 2.75. The van der Waals surface area contributed by atoms with E-state index in [1.165, 1.54) is 9.87 Å². The lowest BCUT2D eigenvalue weighted by Gasteiger charge is -2.15. The summed E-state index contributed by atoms with van der Waals surface area (Å²) in [7, 11) is -1.45. The second-order valence-electron chi connectivity index (χ2n) is 6.15. The summed E-state index contributed by atoms with van der Waals surface area (Å²) in [6.45, 7) is 7.79. The average Bonchev–Trinajstić information content (AvgIpc) is 2.89. The highest BCUT2D eigenvalue weighted by molar-refractivity contribution is 7.89. The molecule has 1 aromatic heterocycles. The number of nitrogens with one attached hydrogen (secondary N) is 1. The fourth-order valence-corrected chi connectivity index (χ4v) is 3.60. The summed E-state index contributed by atoms with van der Waals surface area (Å²) < 4.78 is 26.8. The summed E-state index contributed by atoms with van der Waals surface area (Å²) in [6, 6.07) is 10.1. The van der Waals surface area contributed by atoms with E-state index < -0.39 is 10.0 Å².